The number of benzene rings is 2. The predicted molar refractivity (Wildman–Crippen MR) is 94.7 cm³/mol. The Morgan fingerprint density at radius 3 is 2.62 bits per heavy atom. The summed E-state index contributed by atoms with van der Waals surface area (Å²) < 4.78 is 1.65. The van der Waals surface area contributed by atoms with Crippen LogP contribution >= 0.6 is 31.9 Å². The minimum atomic E-state index is -0.0457. The van der Waals surface area contributed by atoms with Crippen molar-refractivity contribution in [3.63, 3.8) is 0 Å². The number of carbonyl (C=O) groups excluding carboxylic acids is 1. The first-order valence-electron chi connectivity index (χ1n) is 6.65. The fourth-order valence-corrected chi connectivity index (χ4v) is 2.85. The molecule has 0 saturated carbocycles. The summed E-state index contributed by atoms with van der Waals surface area (Å²) in [6.45, 7) is 2.68. The molecule has 0 aliphatic rings. The number of nitrogens with zero attached hydrogens (tertiary/aromatic N) is 1. The highest BCUT2D eigenvalue weighted by molar-refractivity contribution is 9.11. The van der Waals surface area contributed by atoms with Gasteiger partial charge < -0.3 is 10.6 Å². The van der Waals surface area contributed by atoms with E-state index in [1.54, 1.807) is 4.90 Å². The van der Waals surface area contributed by atoms with E-state index in [9.17, 15) is 4.79 Å². The second-order valence-electron chi connectivity index (χ2n) is 4.68. The van der Waals surface area contributed by atoms with Gasteiger partial charge in [-0.3, -0.25) is 4.79 Å². The van der Waals surface area contributed by atoms with Crippen molar-refractivity contribution in [2.24, 2.45) is 0 Å². The van der Waals surface area contributed by atoms with Gasteiger partial charge in [0.2, 0.25) is 0 Å². The van der Waals surface area contributed by atoms with Gasteiger partial charge in [0.15, 0.2) is 0 Å². The SMILES string of the molecule is CCCN(C(=O)c1cc(Br)ccc1Br)c1cccc(N)c1. The highest BCUT2D eigenvalue weighted by atomic mass is 79.9. The van der Waals surface area contributed by atoms with Crippen molar-refractivity contribution in [3.8, 4) is 0 Å². The molecule has 0 aliphatic carbocycles. The third-order valence-corrected chi connectivity index (χ3v) is 4.22. The van der Waals surface area contributed by atoms with Crippen LogP contribution in [-0.2, 0) is 0 Å². The summed E-state index contributed by atoms with van der Waals surface area (Å²) in [5.41, 5.74) is 7.92. The van der Waals surface area contributed by atoms with E-state index in [1.165, 1.54) is 0 Å². The van der Waals surface area contributed by atoms with E-state index in [0.717, 1.165) is 21.1 Å². The van der Waals surface area contributed by atoms with Crippen molar-refractivity contribution in [2.45, 2.75) is 13.3 Å². The monoisotopic (exact) mass is 410 g/mol. The number of hydrogen-bond acceptors (Lipinski definition) is 2. The Bertz CT molecular complexity index is 658. The molecule has 0 aliphatic heterocycles. The molecule has 0 fully saturated rings. The molecule has 2 aromatic carbocycles. The molecule has 0 aromatic heterocycles. The maximum Gasteiger partial charge on any atom is 0.259 e. The van der Waals surface area contributed by atoms with E-state index in [4.69, 9.17) is 5.73 Å². The first-order chi connectivity index (χ1) is 10.0. The van der Waals surface area contributed by atoms with Crippen molar-refractivity contribution >= 4 is 49.1 Å². The quantitative estimate of drug-likeness (QED) is 0.730. The zero-order chi connectivity index (χ0) is 15.4. The molecule has 0 radical (unpaired) electrons. The van der Waals surface area contributed by atoms with Gasteiger partial charge in [0.05, 0.1) is 5.56 Å². The normalized spacial score (nSPS) is 10.4. The van der Waals surface area contributed by atoms with Gasteiger partial charge >= 0.3 is 0 Å². The zero-order valence-electron chi connectivity index (χ0n) is 11.6. The first-order valence-corrected chi connectivity index (χ1v) is 8.24. The summed E-state index contributed by atoms with van der Waals surface area (Å²) in [5, 5.41) is 0. The maximum absolute atomic E-state index is 12.9. The number of nitrogens with two attached hydrogens (primary N) is 1. The summed E-state index contributed by atoms with van der Waals surface area (Å²) in [5.74, 6) is -0.0457. The molecule has 2 N–H and O–H groups in total. The number of amides is 1. The molecule has 0 unspecified atom stereocenters. The molecule has 0 atom stereocenters. The van der Waals surface area contributed by atoms with Gasteiger partial charge in [-0.1, -0.05) is 28.9 Å². The molecule has 2 aromatic rings. The minimum Gasteiger partial charge on any atom is -0.399 e. The summed E-state index contributed by atoms with van der Waals surface area (Å²) in [4.78, 5) is 14.6. The number of anilines is 2. The Kier molecular flexibility index (Phi) is 5.42. The van der Waals surface area contributed by atoms with Crippen LogP contribution in [0, 0.1) is 0 Å². The molecule has 0 spiro atoms. The summed E-state index contributed by atoms with van der Waals surface area (Å²) in [6, 6.07) is 13.0. The molecule has 0 saturated heterocycles. The van der Waals surface area contributed by atoms with Crippen LogP contribution in [0.5, 0.6) is 0 Å². The molecular weight excluding hydrogens is 396 g/mol. The largest absolute Gasteiger partial charge is 0.399 e. The standard InChI is InChI=1S/C16H16Br2N2O/c1-2-8-20(13-5-3-4-12(19)10-13)16(21)14-9-11(17)6-7-15(14)18/h3-7,9-10H,2,8,19H2,1H3. The van der Waals surface area contributed by atoms with E-state index < -0.39 is 0 Å². The fourth-order valence-electron chi connectivity index (χ4n) is 2.07. The number of nitrogen functional groups attached to an aromatic ring is 1. The Balaban J connectivity index is 2.42. The van der Waals surface area contributed by atoms with Crippen LogP contribution < -0.4 is 10.6 Å². The molecule has 2 rings (SSSR count). The fraction of sp³-hybridized carbons (Fsp3) is 0.188. The number of hydrogen-bond donors (Lipinski definition) is 1. The third kappa shape index (κ3) is 3.86. The molecular formula is C16H16Br2N2O. The van der Waals surface area contributed by atoms with Gasteiger partial charge in [0.1, 0.15) is 0 Å². The van der Waals surface area contributed by atoms with Crippen LogP contribution in [0.2, 0.25) is 0 Å². The van der Waals surface area contributed by atoms with Crippen molar-refractivity contribution < 1.29 is 4.79 Å². The van der Waals surface area contributed by atoms with Gasteiger partial charge in [-0.05, 0) is 58.7 Å². The second kappa shape index (κ2) is 7.09. The van der Waals surface area contributed by atoms with Crippen molar-refractivity contribution in [3.05, 3.63) is 57.0 Å². The number of rotatable bonds is 4. The topological polar surface area (TPSA) is 46.3 Å². The van der Waals surface area contributed by atoms with Crippen LogP contribution in [0.3, 0.4) is 0 Å². The summed E-state index contributed by atoms with van der Waals surface area (Å²) in [7, 11) is 0. The highest BCUT2D eigenvalue weighted by Crippen LogP contribution is 2.26. The Hall–Kier alpha value is -1.33. The molecule has 21 heavy (non-hydrogen) atoms. The van der Waals surface area contributed by atoms with Crippen LogP contribution in [-0.4, -0.2) is 12.5 Å². The smallest absolute Gasteiger partial charge is 0.259 e. The third-order valence-electron chi connectivity index (χ3n) is 3.03. The number of halogens is 2. The average Bonchev–Trinajstić information content (AvgIpc) is 2.46. The van der Waals surface area contributed by atoms with E-state index in [0.29, 0.717) is 17.8 Å². The van der Waals surface area contributed by atoms with Crippen molar-refractivity contribution in [1.29, 1.82) is 0 Å². The van der Waals surface area contributed by atoms with E-state index in [1.807, 2.05) is 49.4 Å². The minimum absolute atomic E-state index is 0.0457. The predicted octanol–water partition coefficient (Wildman–Crippen LogP) is 4.85. The summed E-state index contributed by atoms with van der Waals surface area (Å²) >= 11 is 6.85. The van der Waals surface area contributed by atoms with Crippen LogP contribution in [0.4, 0.5) is 11.4 Å². The highest BCUT2D eigenvalue weighted by Gasteiger charge is 2.19. The lowest BCUT2D eigenvalue weighted by molar-refractivity contribution is 0.0986. The van der Waals surface area contributed by atoms with E-state index in [-0.39, 0.29) is 5.91 Å². The Labute approximate surface area is 141 Å². The van der Waals surface area contributed by atoms with E-state index in [2.05, 4.69) is 31.9 Å². The summed E-state index contributed by atoms with van der Waals surface area (Å²) in [6.07, 6.45) is 0.867. The molecule has 0 bridgehead atoms. The van der Waals surface area contributed by atoms with Gasteiger partial charge in [-0.15, -0.1) is 0 Å². The average molecular weight is 412 g/mol. The van der Waals surface area contributed by atoms with Gasteiger partial charge in [-0.25, -0.2) is 0 Å². The number of carbonyl (C=O) groups is 1. The molecule has 3 nitrogen and oxygen atoms in total. The maximum atomic E-state index is 12.9. The molecule has 110 valence electrons. The molecule has 1 amide bonds. The van der Waals surface area contributed by atoms with E-state index >= 15 is 0 Å². The Morgan fingerprint density at radius 1 is 1.19 bits per heavy atom. The molecule has 5 heteroatoms. The second-order valence-corrected chi connectivity index (χ2v) is 6.45. The van der Waals surface area contributed by atoms with Crippen molar-refractivity contribution in [2.75, 3.05) is 17.2 Å². The lowest BCUT2D eigenvalue weighted by Gasteiger charge is -2.23. The van der Waals surface area contributed by atoms with Gasteiger partial charge in [0.25, 0.3) is 5.91 Å². The van der Waals surface area contributed by atoms with Gasteiger partial charge in [0, 0.05) is 26.9 Å². The lowest BCUT2D eigenvalue weighted by atomic mass is 10.1. The molecule has 0 heterocycles. The zero-order valence-corrected chi connectivity index (χ0v) is 14.8. The van der Waals surface area contributed by atoms with Gasteiger partial charge in [-0.2, -0.15) is 0 Å². The van der Waals surface area contributed by atoms with Crippen molar-refractivity contribution in [1.82, 2.24) is 0 Å². The Morgan fingerprint density at radius 2 is 1.95 bits per heavy atom. The van der Waals surface area contributed by atoms with Crippen LogP contribution in [0.25, 0.3) is 0 Å². The first kappa shape index (κ1) is 16.0. The van der Waals surface area contributed by atoms with Crippen LogP contribution in [0.15, 0.2) is 51.4 Å². The lowest BCUT2D eigenvalue weighted by Crippen LogP contribution is -2.32. The van der Waals surface area contributed by atoms with Crippen LogP contribution in [0.1, 0.15) is 23.7 Å².